The van der Waals surface area contributed by atoms with Crippen molar-refractivity contribution in [2.75, 3.05) is 11.1 Å². The van der Waals surface area contributed by atoms with Crippen molar-refractivity contribution in [1.82, 2.24) is 0 Å². The number of hydrogen-bond acceptors (Lipinski definition) is 3. The number of unbranched alkanes of at least 4 members (excludes halogenated alkanes) is 1. The number of carbonyl (C=O) groups is 2. The molecule has 0 atom stereocenters. The van der Waals surface area contributed by atoms with Crippen molar-refractivity contribution in [2.24, 2.45) is 0 Å². The van der Waals surface area contributed by atoms with E-state index in [0.717, 1.165) is 35.4 Å². The maximum atomic E-state index is 12.8. The van der Waals surface area contributed by atoms with Crippen molar-refractivity contribution in [3.05, 3.63) is 83.4 Å². The van der Waals surface area contributed by atoms with Crippen molar-refractivity contribution >= 4 is 29.1 Å². The fourth-order valence-corrected chi connectivity index (χ4v) is 4.62. The Morgan fingerprint density at radius 3 is 2.63 bits per heavy atom. The number of amides is 1. The fourth-order valence-electron chi connectivity index (χ4n) is 3.78. The molecule has 0 fully saturated rings. The first-order chi connectivity index (χ1) is 14.6. The molecule has 0 spiro atoms. The number of hydrogen-bond donors (Lipinski definition) is 1. The third-order valence-electron chi connectivity index (χ3n) is 5.36. The van der Waals surface area contributed by atoms with Gasteiger partial charge in [0, 0.05) is 22.6 Å². The predicted octanol–water partition coefficient (Wildman–Crippen LogP) is 6.36. The van der Waals surface area contributed by atoms with Gasteiger partial charge in [-0.2, -0.15) is 0 Å². The third-order valence-corrected chi connectivity index (χ3v) is 6.35. The Morgan fingerprint density at radius 2 is 1.77 bits per heavy atom. The van der Waals surface area contributed by atoms with Crippen LogP contribution in [0.3, 0.4) is 0 Å². The van der Waals surface area contributed by atoms with Gasteiger partial charge in [-0.25, -0.2) is 0 Å². The predicted molar refractivity (Wildman–Crippen MR) is 124 cm³/mol. The van der Waals surface area contributed by atoms with Crippen LogP contribution in [0.15, 0.2) is 71.6 Å². The summed E-state index contributed by atoms with van der Waals surface area (Å²) in [5.41, 5.74) is 6.61. The molecule has 1 N–H and O–H groups in total. The second kappa shape index (κ2) is 9.31. The average Bonchev–Trinajstić information content (AvgIpc) is 3.14. The van der Waals surface area contributed by atoms with Crippen LogP contribution in [-0.2, 0) is 11.2 Å². The normalized spacial score (nSPS) is 11.6. The summed E-state index contributed by atoms with van der Waals surface area (Å²) in [7, 11) is 0. The summed E-state index contributed by atoms with van der Waals surface area (Å²) in [6.07, 6.45) is 3.31. The molecule has 0 bridgehead atoms. The van der Waals surface area contributed by atoms with Crippen LogP contribution < -0.4 is 5.32 Å². The van der Waals surface area contributed by atoms with Crippen molar-refractivity contribution in [2.45, 2.75) is 37.5 Å². The monoisotopic (exact) mass is 415 g/mol. The van der Waals surface area contributed by atoms with E-state index in [4.69, 9.17) is 0 Å². The number of Topliss-reactive ketones (excluding diaryl/α,β-unsaturated/α-hetero) is 1. The number of benzene rings is 3. The molecule has 152 valence electrons. The highest BCUT2D eigenvalue weighted by atomic mass is 32.2. The second-order valence-electron chi connectivity index (χ2n) is 7.60. The maximum absolute atomic E-state index is 12.8. The molecule has 30 heavy (non-hydrogen) atoms. The molecule has 4 heteroatoms. The lowest BCUT2D eigenvalue weighted by Gasteiger charge is -2.08. The van der Waals surface area contributed by atoms with Crippen LogP contribution >= 0.6 is 11.8 Å². The Balaban J connectivity index is 1.38. The zero-order valence-corrected chi connectivity index (χ0v) is 17.9. The van der Waals surface area contributed by atoms with Crippen LogP contribution in [-0.4, -0.2) is 17.4 Å². The Kier molecular flexibility index (Phi) is 6.34. The minimum absolute atomic E-state index is 0.0363. The number of carbonyl (C=O) groups excluding carboxylic acids is 2. The zero-order chi connectivity index (χ0) is 20.9. The van der Waals surface area contributed by atoms with Gasteiger partial charge in [-0.3, -0.25) is 9.59 Å². The number of fused-ring (bicyclic) bond motifs is 3. The van der Waals surface area contributed by atoms with Gasteiger partial charge in [-0.1, -0.05) is 55.8 Å². The first kappa shape index (κ1) is 20.4. The number of rotatable bonds is 8. The number of ketones is 1. The summed E-state index contributed by atoms with van der Waals surface area (Å²) < 4.78 is 0. The van der Waals surface area contributed by atoms with Gasteiger partial charge < -0.3 is 5.32 Å². The standard InChI is InChI=1S/C26H25NO2S/c1-2-3-11-26(29)27-21-8-6-9-22(16-21)30-17-25(28)19-12-13-24-20(15-19)14-18-7-4-5-10-23(18)24/h4-10,12-13,15-16H,2-3,11,14,17H2,1H3,(H,27,29). The van der Waals surface area contributed by atoms with Crippen LogP contribution in [0, 0.1) is 0 Å². The summed E-state index contributed by atoms with van der Waals surface area (Å²) in [5.74, 6) is 0.532. The van der Waals surface area contributed by atoms with E-state index in [1.165, 1.54) is 34.0 Å². The van der Waals surface area contributed by atoms with Gasteiger partial charge in [0.05, 0.1) is 5.75 Å². The molecule has 1 amide bonds. The van der Waals surface area contributed by atoms with E-state index in [1.54, 1.807) is 0 Å². The topological polar surface area (TPSA) is 46.2 Å². The van der Waals surface area contributed by atoms with Gasteiger partial charge in [0.15, 0.2) is 5.78 Å². The van der Waals surface area contributed by atoms with Crippen molar-refractivity contribution < 1.29 is 9.59 Å². The summed E-state index contributed by atoms with van der Waals surface area (Å²) in [6, 6.07) is 22.2. The molecule has 0 saturated heterocycles. The SMILES string of the molecule is CCCCC(=O)Nc1cccc(SCC(=O)c2ccc3c(c2)Cc2ccccc2-3)c1. The summed E-state index contributed by atoms with van der Waals surface area (Å²) in [5, 5.41) is 2.94. The van der Waals surface area contributed by atoms with E-state index < -0.39 is 0 Å². The minimum atomic E-state index is 0.0363. The van der Waals surface area contributed by atoms with Crippen molar-refractivity contribution in [3.63, 3.8) is 0 Å². The van der Waals surface area contributed by atoms with Crippen LogP contribution in [0.25, 0.3) is 11.1 Å². The first-order valence-corrected chi connectivity index (χ1v) is 11.4. The van der Waals surface area contributed by atoms with Gasteiger partial charge >= 0.3 is 0 Å². The highest BCUT2D eigenvalue weighted by Gasteiger charge is 2.19. The number of nitrogens with one attached hydrogen (secondary N) is 1. The highest BCUT2D eigenvalue weighted by Crippen LogP contribution is 2.37. The quantitative estimate of drug-likeness (QED) is 0.269. The second-order valence-corrected chi connectivity index (χ2v) is 8.65. The fraction of sp³-hybridized carbons (Fsp3) is 0.231. The third kappa shape index (κ3) is 4.65. The van der Waals surface area contributed by atoms with Gasteiger partial charge in [0.25, 0.3) is 0 Å². The average molecular weight is 416 g/mol. The van der Waals surface area contributed by atoms with E-state index in [2.05, 4.69) is 42.6 Å². The summed E-state index contributed by atoms with van der Waals surface area (Å²) >= 11 is 1.50. The van der Waals surface area contributed by atoms with Crippen LogP contribution in [0.2, 0.25) is 0 Å². The molecule has 0 aromatic heterocycles. The van der Waals surface area contributed by atoms with Gasteiger partial charge in [-0.05, 0) is 59.4 Å². The van der Waals surface area contributed by atoms with Crippen LogP contribution in [0.1, 0.15) is 47.7 Å². The number of thioether (sulfide) groups is 1. The van der Waals surface area contributed by atoms with Crippen molar-refractivity contribution in [3.8, 4) is 11.1 Å². The van der Waals surface area contributed by atoms with E-state index in [1.807, 2.05) is 36.4 Å². The number of anilines is 1. The van der Waals surface area contributed by atoms with Crippen molar-refractivity contribution in [1.29, 1.82) is 0 Å². The zero-order valence-electron chi connectivity index (χ0n) is 17.1. The molecule has 0 radical (unpaired) electrons. The molecule has 3 nitrogen and oxygen atoms in total. The Bertz CT molecular complexity index is 1090. The van der Waals surface area contributed by atoms with E-state index in [-0.39, 0.29) is 11.7 Å². The summed E-state index contributed by atoms with van der Waals surface area (Å²) in [6.45, 7) is 2.07. The molecule has 3 aromatic rings. The Hall–Kier alpha value is -2.85. The maximum Gasteiger partial charge on any atom is 0.224 e. The van der Waals surface area contributed by atoms with E-state index >= 15 is 0 Å². The van der Waals surface area contributed by atoms with E-state index in [9.17, 15) is 9.59 Å². The summed E-state index contributed by atoms with van der Waals surface area (Å²) in [4.78, 5) is 25.7. The molecule has 0 aliphatic heterocycles. The smallest absolute Gasteiger partial charge is 0.224 e. The molecule has 1 aliphatic carbocycles. The molecule has 3 aromatic carbocycles. The van der Waals surface area contributed by atoms with Gasteiger partial charge in [-0.15, -0.1) is 11.8 Å². The lowest BCUT2D eigenvalue weighted by molar-refractivity contribution is -0.116. The Morgan fingerprint density at radius 1 is 0.933 bits per heavy atom. The lowest BCUT2D eigenvalue weighted by atomic mass is 10.0. The molecular weight excluding hydrogens is 390 g/mol. The molecular formula is C26H25NO2S. The molecule has 0 saturated carbocycles. The first-order valence-electron chi connectivity index (χ1n) is 10.4. The molecule has 0 unspecified atom stereocenters. The lowest BCUT2D eigenvalue weighted by Crippen LogP contribution is -2.10. The molecule has 1 aliphatic rings. The Labute approximate surface area is 181 Å². The van der Waals surface area contributed by atoms with Crippen LogP contribution in [0.5, 0.6) is 0 Å². The minimum Gasteiger partial charge on any atom is -0.326 e. The van der Waals surface area contributed by atoms with Crippen LogP contribution in [0.4, 0.5) is 5.69 Å². The molecule has 4 rings (SSSR count). The molecule has 0 heterocycles. The van der Waals surface area contributed by atoms with Gasteiger partial charge in [0.1, 0.15) is 0 Å². The highest BCUT2D eigenvalue weighted by molar-refractivity contribution is 8.00. The van der Waals surface area contributed by atoms with Gasteiger partial charge in [0.2, 0.25) is 5.91 Å². The largest absolute Gasteiger partial charge is 0.326 e. The van der Waals surface area contributed by atoms with E-state index in [0.29, 0.717) is 12.2 Å².